The summed E-state index contributed by atoms with van der Waals surface area (Å²) in [5.74, 6) is -0.0139. The smallest absolute Gasteiger partial charge is 0.426 e. The number of amidine groups is 1. The summed E-state index contributed by atoms with van der Waals surface area (Å²) in [5, 5.41) is 5.11. The predicted molar refractivity (Wildman–Crippen MR) is 176 cm³/mol. The fraction of sp³-hybridized carbons (Fsp3) is 0.281. The number of aryl methyl sites for hydroxylation is 1. The van der Waals surface area contributed by atoms with Crippen molar-refractivity contribution in [3.63, 3.8) is 0 Å². The monoisotopic (exact) mass is 701 g/mol. The van der Waals surface area contributed by atoms with Gasteiger partial charge in [0.2, 0.25) is 11.0 Å². The van der Waals surface area contributed by atoms with Gasteiger partial charge in [0, 0.05) is 11.6 Å². The molecule has 1 fully saturated rings. The number of rotatable bonds is 8. The van der Waals surface area contributed by atoms with Gasteiger partial charge in [-0.1, -0.05) is 48.2 Å². The lowest BCUT2D eigenvalue weighted by Gasteiger charge is -2.24. The molecule has 3 aromatic carbocycles. The number of hydrazine groups is 1. The number of thiocarbonyl (C=S) groups is 1. The number of carbonyl (C=O) groups is 1. The number of fused-ring (bicyclic) bond motifs is 1. The van der Waals surface area contributed by atoms with Crippen LogP contribution in [0, 0.1) is 0 Å². The van der Waals surface area contributed by atoms with Crippen LogP contribution in [0.5, 0.6) is 5.75 Å². The zero-order valence-electron chi connectivity index (χ0n) is 25.3. The number of halogens is 5. The van der Waals surface area contributed by atoms with Crippen LogP contribution in [-0.4, -0.2) is 49.0 Å². The Morgan fingerprint density at radius 3 is 2.48 bits per heavy atom. The fourth-order valence-corrected chi connectivity index (χ4v) is 6.40. The number of carbonyl (C=O) groups excluding carboxylic acids is 1. The van der Waals surface area contributed by atoms with Crippen LogP contribution in [0.1, 0.15) is 42.5 Å². The number of hydrogen-bond acceptors (Lipinski definition) is 7. The first-order valence-electron chi connectivity index (χ1n) is 14.9. The van der Waals surface area contributed by atoms with Gasteiger partial charge in [-0.05, 0) is 91.8 Å². The Morgan fingerprint density at radius 2 is 1.75 bits per heavy atom. The molecule has 0 spiro atoms. The molecule has 250 valence electrons. The normalized spacial score (nSPS) is 16.6. The van der Waals surface area contributed by atoms with E-state index in [-0.39, 0.29) is 17.1 Å². The van der Waals surface area contributed by atoms with Gasteiger partial charge in [-0.25, -0.2) is 15.1 Å². The number of ether oxygens (including phenoxy) is 1. The molecule has 1 atom stereocenters. The molecule has 1 aliphatic carbocycles. The van der Waals surface area contributed by atoms with E-state index < -0.39 is 18.0 Å². The second kappa shape index (κ2) is 13.6. The Kier molecular flexibility index (Phi) is 9.49. The van der Waals surface area contributed by atoms with Crippen LogP contribution in [-0.2, 0) is 17.6 Å². The van der Waals surface area contributed by atoms with E-state index in [1.807, 2.05) is 43.3 Å². The molecule has 2 heterocycles. The highest BCUT2D eigenvalue weighted by Gasteiger charge is 2.61. The minimum absolute atomic E-state index is 0.0269. The van der Waals surface area contributed by atoms with Gasteiger partial charge in [0.05, 0.1) is 17.1 Å². The van der Waals surface area contributed by atoms with Crippen LogP contribution < -0.4 is 20.5 Å². The molecule has 1 aromatic heterocycles. The quantitative estimate of drug-likeness (QED) is 0.116. The van der Waals surface area contributed by atoms with Gasteiger partial charge >= 0.3 is 12.3 Å². The first-order valence-corrected chi connectivity index (χ1v) is 16.3. The lowest BCUT2D eigenvalue weighted by molar-refractivity contribution is -0.360. The summed E-state index contributed by atoms with van der Waals surface area (Å²) in [6.07, 6.45) is -5.59. The number of amides is 1. The molecule has 16 heteroatoms. The molecule has 1 amide bonds. The number of benzene rings is 3. The van der Waals surface area contributed by atoms with Crippen molar-refractivity contribution in [2.75, 3.05) is 10.7 Å². The average Bonchev–Trinajstić information content (AvgIpc) is 3.70. The lowest BCUT2D eigenvalue weighted by Crippen LogP contribution is -2.41. The standard InChI is InChI=1S/C32H28F5N7O2S2/c1-19(40-41-29(47)39-30-44(27(45)17-48-30)26-8-4-6-21-5-2-3-7-25(21)26)20-9-11-22(12-10-20)28-38-18-43(42-28)23-13-15-24(16-14-23)46-32(36,37)31(33,34)35/h4,6,8-16,18-19,40H,2-3,5,7,17H2,1H3,(H,41,47)/b39-30-. The zero-order chi connectivity index (χ0) is 34.1. The van der Waals surface area contributed by atoms with E-state index >= 15 is 0 Å². The number of nitrogens with one attached hydrogen (secondary N) is 2. The Hall–Kier alpha value is -4.41. The Labute approximate surface area is 281 Å². The Bertz CT molecular complexity index is 1850. The van der Waals surface area contributed by atoms with Gasteiger partial charge in [-0.3, -0.25) is 15.1 Å². The Balaban J connectivity index is 1.06. The third kappa shape index (κ3) is 7.19. The van der Waals surface area contributed by atoms with Crippen molar-refractivity contribution in [3.05, 3.63) is 89.7 Å². The maximum atomic E-state index is 13.2. The number of alkyl halides is 5. The zero-order valence-corrected chi connectivity index (χ0v) is 26.9. The van der Waals surface area contributed by atoms with Gasteiger partial charge in [-0.15, -0.1) is 5.10 Å². The first kappa shape index (κ1) is 33.5. The van der Waals surface area contributed by atoms with Crippen molar-refractivity contribution in [3.8, 4) is 22.8 Å². The molecule has 1 saturated heterocycles. The van der Waals surface area contributed by atoms with Gasteiger partial charge in [0.1, 0.15) is 12.1 Å². The maximum absolute atomic E-state index is 13.2. The highest BCUT2D eigenvalue weighted by Crippen LogP contribution is 2.38. The first-order chi connectivity index (χ1) is 22.9. The molecule has 48 heavy (non-hydrogen) atoms. The van der Waals surface area contributed by atoms with Crippen molar-refractivity contribution < 1.29 is 31.5 Å². The number of aliphatic imine (C=N–C) groups is 1. The summed E-state index contributed by atoms with van der Waals surface area (Å²) >= 11 is 6.83. The second-order valence-corrected chi connectivity index (χ2v) is 12.4. The van der Waals surface area contributed by atoms with Crippen molar-refractivity contribution in [1.29, 1.82) is 0 Å². The van der Waals surface area contributed by atoms with Crippen molar-refractivity contribution in [1.82, 2.24) is 25.6 Å². The summed E-state index contributed by atoms with van der Waals surface area (Å²) in [5.41, 5.74) is 11.4. The molecule has 0 bridgehead atoms. The largest absolute Gasteiger partial charge is 0.499 e. The van der Waals surface area contributed by atoms with Gasteiger partial charge in [0.25, 0.3) is 0 Å². The topological polar surface area (TPSA) is 96.7 Å². The van der Waals surface area contributed by atoms with E-state index in [9.17, 15) is 26.7 Å². The maximum Gasteiger partial charge on any atom is 0.499 e. The lowest BCUT2D eigenvalue weighted by atomic mass is 9.90. The summed E-state index contributed by atoms with van der Waals surface area (Å²) in [6, 6.07) is 17.8. The van der Waals surface area contributed by atoms with Crippen molar-refractivity contribution >= 4 is 45.9 Å². The van der Waals surface area contributed by atoms with Crippen molar-refractivity contribution in [2.24, 2.45) is 4.99 Å². The van der Waals surface area contributed by atoms with E-state index in [0.717, 1.165) is 49.1 Å². The number of anilines is 1. The molecule has 4 aromatic rings. The van der Waals surface area contributed by atoms with E-state index in [1.54, 1.807) is 4.90 Å². The van der Waals surface area contributed by atoms with Crippen LogP contribution in [0.2, 0.25) is 0 Å². The highest BCUT2D eigenvalue weighted by molar-refractivity contribution is 8.15. The van der Waals surface area contributed by atoms with Crippen molar-refractivity contribution in [2.45, 2.75) is 50.9 Å². The summed E-state index contributed by atoms with van der Waals surface area (Å²) in [7, 11) is 0. The van der Waals surface area contributed by atoms with E-state index in [4.69, 9.17) is 12.2 Å². The average molecular weight is 702 g/mol. The highest BCUT2D eigenvalue weighted by atomic mass is 32.2. The molecule has 2 N–H and O–H groups in total. The molecule has 1 aliphatic heterocycles. The summed E-state index contributed by atoms with van der Waals surface area (Å²) in [4.78, 5) is 23.4. The molecule has 0 saturated carbocycles. The third-order valence-electron chi connectivity index (χ3n) is 7.81. The second-order valence-electron chi connectivity index (χ2n) is 11.1. The minimum Gasteiger partial charge on any atom is -0.426 e. The predicted octanol–water partition coefficient (Wildman–Crippen LogP) is 6.92. The molecule has 6 rings (SSSR count). The summed E-state index contributed by atoms with van der Waals surface area (Å²) in [6.45, 7) is 1.93. The summed E-state index contributed by atoms with van der Waals surface area (Å²) < 4.78 is 68.8. The number of aromatic nitrogens is 3. The SMILES string of the molecule is CC(NNC(=S)/N=C1\SCC(=O)N1c1cccc2c1CCCC2)c1ccc(-c2ncn(-c3ccc(OC(F)(F)C(F)(F)F)cc3)n2)cc1. The third-order valence-corrected chi connectivity index (χ3v) is 8.93. The number of nitrogens with zero attached hydrogens (tertiary/aromatic N) is 5. The van der Waals surface area contributed by atoms with Crippen LogP contribution in [0.4, 0.5) is 27.6 Å². The van der Waals surface area contributed by atoms with E-state index in [1.165, 1.54) is 46.0 Å². The molecular formula is C32H28F5N7O2S2. The van der Waals surface area contributed by atoms with Crippen LogP contribution in [0.15, 0.2) is 78.0 Å². The molecule has 2 aliphatic rings. The molecule has 0 radical (unpaired) electrons. The van der Waals surface area contributed by atoms with Crippen LogP contribution >= 0.6 is 24.0 Å². The van der Waals surface area contributed by atoms with E-state index in [2.05, 4.69) is 36.7 Å². The van der Waals surface area contributed by atoms with Crippen LogP contribution in [0.3, 0.4) is 0 Å². The molecular weight excluding hydrogens is 674 g/mol. The fourth-order valence-electron chi connectivity index (χ4n) is 5.33. The van der Waals surface area contributed by atoms with Crippen LogP contribution in [0.25, 0.3) is 17.1 Å². The molecule has 1 unspecified atom stereocenters. The Morgan fingerprint density at radius 1 is 1.02 bits per heavy atom. The number of hydrogen-bond donors (Lipinski definition) is 2. The minimum atomic E-state index is -5.84. The van der Waals surface area contributed by atoms with E-state index in [0.29, 0.717) is 28.0 Å². The van der Waals surface area contributed by atoms with Gasteiger partial charge < -0.3 is 4.74 Å². The van der Waals surface area contributed by atoms with Gasteiger partial charge in [-0.2, -0.15) is 26.9 Å². The molecule has 9 nitrogen and oxygen atoms in total. The number of thioether (sulfide) groups is 1. The van der Waals surface area contributed by atoms with Gasteiger partial charge in [0.15, 0.2) is 11.0 Å².